The number of amides is 2. The molecular weight excluding hydrogens is 326 g/mol. The Kier molecular flexibility index (Phi) is 4.37. The number of nitrogens with one attached hydrogen (secondary N) is 1. The standard InChI is InChI=1S/C21H23N3O2/c1-23-18-14-16(20(25)22-12-11-15-6-3-2-4-7-15)9-10-17(18)21(26)24-13-5-8-19(23)24/h2-4,6-7,9-10,14,19H,5,8,11-13H2,1H3,(H,22,25)/t19-/m0/s1. The zero-order valence-corrected chi connectivity index (χ0v) is 14.9. The molecule has 2 aromatic rings. The molecule has 1 N–H and O–H groups in total. The van der Waals surface area contributed by atoms with Gasteiger partial charge in [-0.3, -0.25) is 9.59 Å². The van der Waals surface area contributed by atoms with E-state index < -0.39 is 0 Å². The van der Waals surface area contributed by atoms with Crippen LogP contribution in [0.5, 0.6) is 0 Å². The summed E-state index contributed by atoms with van der Waals surface area (Å²) in [4.78, 5) is 29.2. The number of nitrogens with zero attached hydrogens (tertiary/aromatic N) is 2. The average molecular weight is 349 g/mol. The van der Waals surface area contributed by atoms with Crippen LogP contribution in [0.15, 0.2) is 48.5 Å². The Morgan fingerprint density at radius 2 is 2.00 bits per heavy atom. The molecule has 0 radical (unpaired) electrons. The van der Waals surface area contributed by atoms with E-state index in [9.17, 15) is 9.59 Å². The molecule has 2 aliphatic heterocycles. The normalized spacial score (nSPS) is 18.5. The quantitative estimate of drug-likeness (QED) is 0.923. The van der Waals surface area contributed by atoms with E-state index in [1.165, 1.54) is 5.56 Å². The summed E-state index contributed by atoms with van der Waals surface area (Å²) in [6.45, 7) is 1.40. The van der Waals surface area contributed by atoms with E-state index in [1.807, 2.05) is 36.2 Å². The van der Waals surface area contributed by atoms with Crippen molar-refractivity contribution in [2.45, 2.75) is 25.4 Å². The molecule has 2 heterocycles. The lowest BCUT2D eigenvalue weighted by molar-refractivity contribution is 0.0719. The first-order chi connectivity index (χ1) is 12.6. The predicted octanol–water partition coefficient (Wildman–Crippen LogP) is 2.67. The van der Waals surface area contributed by atoms with E-state index in [4.69, 9.17) is 0 Å². The summed E-state index contributed by atoms with van der Waals surface area (Å²) < 4.78 is 0. The topological polar surface area (TPSA) is 52.7 Å². The Bertz CT molecular complexity index is 834. The monoisotopic (exact) mass is 349 g/mol. The van der Waals surface area contributed by atoms with Crippen molar-refractivity contribution in [2.24, 2.45) is 0 Å². The first-order valence-electron chi connectivity index (χ1n) is 9.15. The third-order valence-corrected chi connectivity index (χ3v) is 5.34. The fraction of sp³-hybridized carbons (Fsp3) is 0.333. The molecule has 0 saturated carbocycles. The van der Waals surface area contributed by atoms with Gasteiger partial charge >= 0.3 is 0 Å². The van der Waals surface area contributed by atoms with Crippen LogP contribution in [0, 0.1) is 0 Å². The van der Waals surface area contributed by atoms with Gasteiger partial charge in [-0.15, -0.1) is 0 Å². The number of carbonyl (C=O) groups excluding carboxylic acids is 2. The number of hydrogen-bond donors (Lipinski definition) is 1. The Balaban J connectivity index is 1.47. The van der Waals surface area contributed by atoms with Crippen molar-refractivity contribution in [3.63, 3.8) is 0 Å². The van der Waals surface area contributed by atoms with Crippen LogP contribution in [0.25, 0.3) is 0 Å². The molecule has 1 fully saturated rings. The molecule has 1 saturated heterocycles. The van der Waals surface area contributed by atoms with Crippen molar-refractivity contribution < 1.29 is 9.59 Å². The second kappa shape index (κ2) is 6.83. The molecule has 134 valence electrons. The molecule has 0 bridgehead atoms. The van der Waals surface area contributed by atoms with E-state index in [0.29, 0.717) is 17.7 Å². The molecule has 0 aliphatic carbocycles. The van der Waals surface area contributed by atoms with Crippen LogP contribution < -0.4 is 10.2 Å². The van der Waals surface area contributed by atoms with Crippen molar-refractivity contribution in [3.05, 3.63) is 65.2 Å². The fourth-order valence-electron chi connectivity index (χ4n) is 3.92. The zero-order chi connectivity index (χ0) is 18.1. The van der Waals surface area contributed by atoms with Gasteiger partial charge < -0.3 is 15.1 Å². The van der Waals surface area contributed by atoms with Gasteiger partial charge in [0.05, 0.1) is 11.3 Å². The minimum absolute atomic E-state index is 0.0802. The summed E-state index contributed by atoms with van der Waals surface area (Å²) in [7, 11) is 2.01. The smallest absolute Gasteiger partial charge is 0.257 e. The molecule has 2 aromatic carbocycles. The maximum absolute atomic E-state index is 12.7. The predicted molar refractivity (Wildman–Crippen MR) is 101 cm³/mol. The fourth-order valence-corrected chi connectivity index (χ4v) is 3.92. The van der Waals surface area contributed by atoms with E-state index in [-0.39, 0.29) is 18.0 Å². The van der Waals surface area contributed by atoms with E-state index in [1.54, 1.807) is 12.1 Å². The van der Waals surface area contributed by atoms with Gasteiger partial charge in [0, 0.05) is 25.7 Å². The summed E-state index contributed by atoms with van der Waals surface area (Å²) >= 11 is 0. The minimum atomic E-state index is -0.0987. The highest BCUT2D eigenvalue weighted by Gasteiger charge is 2.38. The highest BCUT2D eigenvalue weighted by molar-refractivity contribution is 6.04. The highest BCUT2D eigenvalue weighted by atomic mass is 16.2. The molecule has 4 rings (SSSR count). The number of carbonyl (C=O) groups is 2. The first-order valence-corrected chi connectivity index (χ1v) is 9.15. The van der Waals surface area contributed by atoms with Crippen LogP contribution in [-0.4, -0.2) is 43.0 Å². The van der Waals surface area contributed by atoms with Crippen LogP contribution >= 0.6 is 0 Å². The van der Waals surface area contributed by atoms with Crippen molar-refractivity contribution in [2.75, 3.05) is 25.0 Å². The maximum atomic E-state index is 12.7. The Morgan fingerprint density at radius 1 is 1.19 bits per heavy atom. The van der Waals surface area contributed by atoms with Gasteiger partial charge in [0.15, 0.2) is 0 Å². The van der Waals surface area contributed by atoms with Crippen LogP contribution in [0.4, 0.5) is 5.69 Å². The lowest BCUT2D eigenvalue weighted by Crippen LogP contribution is -2.50. The van der Waals surface area contributed by atoms with Crippen LogP contribution in [0.1, 0.15) is 39.1 Å². The van der Waals surface area contributed by atoms with E-state index >= 15 is 0 Å². The number of hydrogen-bond acceptors (Lipinski definition) is 3. The van der Waals surface area contributed by atoms with Gasteiger partial charge in [0.1, 0.15) is 6.17 Å². The molecule has 2 amide bonds. The average Bonchev–Trinajstić information content (AvgIpc) is 3.17. The molecule has 5 heteroatoms. The summed E-state index contributed by atoms with van der Waals surface area (Å²) in [5.74, 6) is -0.0185. The van der Waals surface area contributed by atoms with Crippen molar-refractivity contribution in [1.82, 2.24) is 10.2 Å². The molecule has 5 nitrogen and oxygen atoms in total. The lowest BCUT2D eigenvalue weighted by atomic mass is 10.0. The summed E-state index contributed by atoms with van der Waals surface area (Å²) in [6, 6.07) is 15.5. The Labute approximate surface area is 153 Å². The van der Waals surface area contributed by atoms with Crippen molar-refractivity contribution in [1.29, 1.82) is 0 Å². The van der Waals surface area contributed by atoms with E-state index in [2.05, 4.69) is 22.3 Å². The van der Waals surface area contributed by atoms with Crippen molar-refractivity contribution in [3.8, 4) is 0 Å². The van der Waals surface area contributed by atoms with Crippen molar-refractivity contribution >= 4 is 17.5 Å². The minimum Gasteiger partial charge on any atom is -0.354 e. The molecule has 0 spiro atoms. The molecule has 1 atom stereocenters. The molecule has 26 heavy (non-hydrogen) atoms. The van der Waals surface area contributed by atoms with Crippen LogP contribution in [-0.2, 0) is 6.42 Å². The van der Waals surface area contributed by atoms with Gasteiger partial charge in [-0.2, -0.15) is 0 Å². The van der Waals surface area contributed by atoms with Gasteiger partial charge in [0.25, 0.3) is 11.8 Å². The van der Waals surface area contributed by atoms with Gasteiger partial charge in [-0.1, -0.05) is 30.3 Å². The van der Waals surface area contributed by atoms with Gasteiger partial charge in [-0.25, -0.2) is 0 Å². The van der Waals surface area contributed by atoms with Gasteiger partial charge in [-0.05, 0) is 43.0 Å². The molecule has 0 unspecified atom stereocenters. The number of fused-ring (bicyclic) bond motifs is 2. The SMILES string of the molecule is CN1c2cc(C(=O)NCCc3ccccc3)ccc2C(=O)N2CCC[C@H]21. The largest absolute Gasteiger partial charge is 0.354 e. The van der Waals surface area contributed by atoms with Crippen LogP contribution in [0.2, 0.25) is 0 Å². The van der Waals surface area contributed by atoms with Gasteiger partial charge in [0.2, 0.25) is 0 Å². The highest BCUT2D eigenvalue weighted by Crippen LogP contribution is 2.35. The molecule has 0 aromatic heterocycles. The van der Waals surface area contributed by atoms with Crippen LogP contribution in [0.3, 0.4) is 0 Å². The Hall–Kier alpha value is -2.82. The maximum Gasteiger partial charge on any atom is 0.257 e. The summed E-state index contributed by atoms with van der Waals surface area (Å²) in [6.07, 6.45) is 2.93. The first kappa shape index (κ1) is 16.6. The summed E-state index contributed by atoms with van der Waals surface area (Å²) in [5.41, 5.74) is 3.34. The third kappa shape index (κ3) is 2.94. The number of benzene rings is 2. The lowest BCUT2D eigenvalue weighted by Gasteiger charge is -2.40. The number of rotatable bonds is 4. The second-order valence-electron chi connectivity index (χ2n) is 6.96. The molecule has 2 aliphatic rings. The van der Waals surface area contributed by atoms with E-state index in [0.717, 1.165) is 31.5 Å². The second-order valence-corrected chi connectivity index (χ2v) is 6.96. The Morgan fingerprint density at radius 3 is 2.81 bits per heavy atom. The number of anilines is 1. The third-order valence-electron chi connectivity index (χ3n) is 5.34. The molecular formula is C21H23N3O2. The zero-order valence-electron chi connectivity index (χ0n) is 14.9. The summed E-state index contributed by atoms with van der Waals surface area (Å²) in [5, 5.41) is 2.97.